The Morgan fingerprint density at radius 2 is 2.05 bits per heavy atom. The molecule has 1 spiro atoms. The first-order valence-corrected chi connectivity index (χ1v) is 8.37. The number of aromatic nitrogens is 2. The Labute approximate surface area is 133 Å². The van der Waals surface area contributed by atoms with Crippen molar-refractivity contribution in [1.82, 2.24) is 24.7 Å². The number of hydrogen-bond donors (Lipinski definition) is 1. The summed E-state index contributed by atoms with van der Waals surface area (Å²) in [7, 11) is 3.50. The molecule has 120 valence electrons. The van der Waals surface area contributed by atoms with Crippen molar-refractivity contribution in [3.63, 3.8) is 0 Å². The molecule has 0 atom stereocenters. The first-order chi connectivity index (χ1) is 10.5. The number of amides is 3. The van der Waals surface area contributed by atoms with Crippen molar-refractivity contribution >= 4 is 23.5 Å². The van der Waals surface area contributed by atoms with Crippen LogP contribution >= 0.6 is 11.5 Å². The van der Waals surface area contributed by atoms with Crippen molar-refractivity contribution in [2.75, 3.05) is 27.2 Å². The summed E-state index contributed by atoms with van der Waals surface area (Å²) in [6.45, 7) is 1.54. The molecule has 1 aliphatic heterocycles. The van der Waals surface area contributed by atoms with Gasteiger partial charge in [0.1, 0.15) is 0 Å². The molecule has 7 nitrogen and oxygen atoms in total. The summed E-state index contributed by atoms with van der Waals surface area (Å²) in [5.41, 5.74) is 0.757. The first-order valence-electron chi connectivity index (χ1n) is 7.53. The van der Waals surface area contributed by atoms with Gasteiger partial charge in [0.25, 0.3) is 5.91 Å². The summed E-state index contributed by atoms with van der Waals surface area (Å²) in [6, 6.07) is 0.253. The predicted octanol–water partition coefficient (Wildman–Crippen LogP) is 1.19. The van der Waals surface area contributed by atoms with Crippen LogP contribution in [0.3, 0.4) is 0 Å². The van der Waals surface area contributed by atoms with E-state index in [1.165, 1.54) is 11.5 Å². The van der Waals surface area contributed by atoms with E-state index in [-0.39, 0.29) is 18.0 Å². The third kappa shape index (κ3) is 2.92. The van der Waals surface area contributed by atoms with Crippen molar-refractivity contribution in [2.45, 2.75) is 31.7 Å². The van der Waals surface area contributed by atoms with Crippen molar-refractivity contribution in [3.8, 4) is 0 Å². The fraction of sp³-hybridized carbons (Fsp3) is 0.714. The number of urea groups is 1. The molecule has 22 heavy (non-hydrogen) atoms. The van der Waals surface area contributed by atoms with Crippen LogP contribution in [0.25, 0.3) is 0 Å². The van der Waals surface area contributed by atoms with Gasteiger partial charge in [-0.3, -0.25) is 4.79 Å². The molecule has 2 heterocycles. The number of nitrogens with zero attached hydrogens (tertiary/aromatic N) is 4. The van der Waals surface area contributed by atoms with E-state index in [0.29, 0.717) is 11.1 Å². The molecule has 0 bridgehead atoms. The highest BCUT2D eigenvalue weighted by molar-refractivity contribution is 7.03. The van der Waals surface area contributed by atoms with Crippen molar-refractivity contribution < 1.29 is 9.59 Å². The molecule has 0 aromatic carbocycles. The Balaban J connectivity index is 1.47. The number of carbonyl (C=O) groups is 2. The Kier molecular flexibility index (Phi) is 4.03. The minimum absolute atomic E-state index is 0.0135. The molecule has 8 heteroatoms. The zero-order chi connectivity index (χ0) is 15.7. The zero-order valence-electron chi connectivity index (χ0n) is 12.9. The predicted molar refractivity (Wildman–Crippen MR) is 82.7 cm³/mol. The molecule has 2 aliphatic rings. The van der Waals surface area contributed by atoms with Gasteiger partial charge in [0.05, 0.1) is 0 Å². The van der Waals surface area contributed by atoms with Crippen LogP contribution < -0.4 is 5.32 Å². The standard InChI is InChI=1S/C14H21N5O2S/c1-18(2)13(21)15-10-7-14(8-10)3-5-19(6-4-14)12(20)11-9-22-17-16-11/h9-10H,3-8H2,1-2H3,(H,15,21). The zero-order valence-corrected chi connectivity index (χ0v) is 13.7. The van der Waals surface area contributed by atoms with E-state index >= 15 is 0 Å². The molecule has 1 aliphatic carbocycles. The average Bonchev–Trinajstić information content (AvgIpc) is 2.99. The number of piperidine rings is 1. The Bertz CT molecular complexity index is 544. The van der Waals surface area contributed by atoms with Crippen LogP contribution in [-0.2, 0) is 0 Å². The van der Waals surface area contributed by atoms with Crippen molar-refractivity contribution in [2.24, 2.45) is 5.41 Å². The van der Waals surface area contributed by atoms with E-state index in [9.17, 15) is 9.59 Å². The molecule has 2 fully saturated rings. The molecule has 1 N–H and O–H groups in total. The number of rotatable bonds is 2. The van der Waals surface area contributed by atoms with E-state index in [2.05, 4.69) is 14.9 Å². The lowest BCUT2D eigenvalue weighted by molar-refractivity contribution is 0.00992. The molecule has 1 aromatic heterocycles. The smallest absolute Gasteiger partial charge is 0.317 e. The van der Waals surface area contributed by atoms with Crippen LogP contribution in [0, 0.1) is 5.41 Å². The van der Waals surface area contributed by atoms with Gasteiger partial charge in [-0.25, -0.2) is 4.79 Å². The molecule has 1 saturated heterocycles. The fourth-order valence-corrected chi connectivity index (χ4v) is 3.83. The summed E-state index contributed by atoms with van der Waals surface area (Å²) in [4.78, 5) is 27.3. The van der Waals surface area contributed by atoms with Crippen LogP contribution in [0.1, 0.15) is 36.2 Å². The van der Waals surface area contributed by atoms with Gasteiger partial charge >= 0.3 is 6.03 Å². The third-order valence-electron chi connectivity index (χ3n) is 4.78. The largest absolute Gasteiger partial charge is 0.337 e. The molecule has 3 amide bonds. The van der Waals surface area contributed by atoms with E-state index in [4.69, 9.17) is 0 Å². The Morgan fingerprint density at radius 3 is 2.59 bits per heavy atom. The summed E-state index contributed by atoms with van der Waals surface area (Å²) in [5.74, 6) is -0.0135. The summed E-state index contributed by atoms with van der Waals surface area (Å²) >= 11 is 1.20. The van der Waals surface area contributed by atoms with Crippen LogP contribution in [0.2, 0.25) is 0 Å². The second-order valence-electron chi connectivity index (χ2n) is 6.53. The normalized spacial score (nSPS) is 20.5. The quantitative estimate of drug-likeness (QED) is 0.887. The van der Waals surface area contributed by atoms with Gasteiger partial charge in [0, 0.05) is 38.6 Å². The molecular weight excluding hydrogens is 302 g/mol. The number of likely N-dealkylation sites (tertiary alicyclic amines) is 1. The van der Waals surface area contributed by atoms with Crippen LogP contribution in [0.15, 0.2) is 5.38 Å². The minimum atomic E-state index is -0.0245. The maximum absolute atomic E-state index is 12.2. The SMILES string of the molecule is CN(C)C(=O)NC1CC2(CCN(C(=O)c3csnn3)CC2)C1. The van der Waals surface area contributed by atoms with Crippen molar-refractivity contribution in [1.29, 1.82) is 0 Å². The third-order valence-corrected chi connectivity index (χ3v) is 5.29. The average molecular weight is 323 g/mol. The Morgan fingerprint density at radius 1 is 1.36 bits per heavy atom. The van der Waals surface area contributed by atoms with Gasteiger partial charge in [-0.2, -0.15) is 0 Å². The van der Waals surface area contributed by atoms with Crippen LogP contribution in [0.4, 0.5) is 4.79 Å². The maximum Gasteiger partial charge on any atom is 0.317 e. The van der Waals surface area contributed by atoms with Crippen LogP contribution in [-0.4, -0.2) is 64.6 Å². The van der Waals surface area contributed by atoms with E-state index < -0.39 is 0 Å². The summed E-state index contributed by atoms with van der Waals surface area (Å²) in [5, 5.41) is 8.58. The molecule has 0 radical (unpaired) electrons. The molecule has 3 rings (SSSR count). The highest BCUT2D eigenvalue weighted by Gasteiger charge is 2.47. The minimum Gasteiger partial charge on any atom is -0.337 e. The highest BCUT2D eigenvalue weighted by atomic mass is 32.1. The number of carbonyl (C=O) groups excluding carboxylic acids is 2. The van der Waals surface area contributed by atoms with Gasteiger partial charge in [-0.15, -0.1) is 5.10 Å². The van der Waals surface area contributed by atoms with E-state index in [1.807, 2.05) is 4.90 Å². The monoisotopic (exact) mass is 323 g/mol. The van der Waals surface area contributed by atoms with Gasteiger partial charge in [-0.1, -0.05) is 4.49 Å². The van der Waals surface area contributed by atoms with E-state index in [1.54, 1.807) is 24.4 Å². The molecular formula is C14H21N5O2S. The van der Waals surface area contributed by atoms with Gasteiger partial charge < -0.3 is 15.1 Å². The fourth-order valence-electron chi connectivity index (χ4n) is 3.40. The Hall–Kier alpha value is -1.70. The molecule has 1 aromatic rings. The van der Waals surface area contributed by atoms with Gasteiger partial charge in [0.2, 0.25) is 0 Å². The first kappa shape index (κ1) is 15.2. The molecule has 0 unspecified atom stereocenters. The number of nitrogens with one attached hydrogen (secondary N) is 1. The second-order valence-corrected chi connectivity index (χ2v) is 7.14. The second kappa shape index (κ2) is 5.83. The van der Waals surface area contributed by atoms with E-state index in [0.717, 1.165) is 38.8 Å². The lowest BCUT2D eigenvalue weighted by atomic mass is 9.60. The van der Waals surface area contributed by atoms with Crippen molar-refractivity contribution in [3.05, 3.63) is 11.1 Å². The maximum atomic E-state index is 12.2. The summed E-state index contributed by atoms with van der Waals surface area (Å²) < 4.78 is 3.75. The topological polar surface area (TPSA) is 78.4 Å². The summed E-state index contributed by atoms with van der Waals surface area (Å²) in [6.07, 6.45) is 4.05. The van der Waals surface area contributed by atoms with Gasteiger partial charge in [0.15, 0.2) is 5.69 Å². The van der Waals surface area contributed by atoms with Gasteiger partial charge in [-0.05, 0) is 42.6 Å². The number of hydrogen-bond acceptors (Lipinski definition) is 5. The lowest BCUT2D eigenvalue weighted by Crippen LogP contribution is -2.56. The lowest BCUT2D eigenvalue weighted by Gasteiger charge is -2.52. The van der Waals surface area contributed by atoms with Crippen LogP contribution in [0.5, 0.6) is 0 Å². The highest BCUT2D eigenvalue weighted by Crippen LogP contribution is 2.49. The molecule has 1 saturated carbocycles.